The van der Waals surface area contributed by atoms with Crippen LogP contribution < -0.4 is 27.8 Å². The Labute approximate surface area is 330 Å². The van der Waals surface area contributed by atoms with E-state index in [4.69, 9.17) is 17.2 Å². The monoisotopic (exact) mass is 753 g/mol. The largest absolute Gasteiger partial charge is 0.330 e. The maximum absolute atomic E-state index is 13.2. The lowest BCUT2D eigenvalue weighted by Crippen LogP contribution is -2.43. The Hall–Kier alpha value is -3.92. The molecular formula is C46H68N6O3. The summed E-state index contributed by atoms with van der Waals surface area (Å²) in [6.45, 7) is 6.32. The van der Waals surface area contributed by atoms with Gasteiger partial charge in [0, 0.05) is 48.2 Å². The number of hydrogen-bond acceptors (Lipinski definition) is 6. The molecule has 2 aromatic rings. The van der Waals surface area contributed by atoms with Crippen molar-refractivity contribution >= 4 is 35.3 Å². The van der Waals surface area contributed by atoms with E-state index in [1.54, 1.807) is 0 Å². The van der Waals surface area contributed by atoms with Crippen molar-refractivity contribution in [2.45, 2.75) is 147 Å². The van der Waals surface area contributed by atoms with Crippen LogP contribution in [0.2, 0.25) is 0 Å². The Morgan fingerprint density at radius 1 is 0.655 bits per heavy atom. The summed E-state index contributed by atoms with van der Waals surface area (Å²) in [6, 6.07) is 12.6. The summed E-state index contributed by atoms with van der Waals surface area (Å²) in [6.07, 6.45) is 23.2. The topological polar surface area (TPSA) is 166 Å². The predicted octanol–water partition coefficient (Wildman–Crippen LogP) is 9.09. The Balaban J connectivity index is 1.67. The van der Waals surface area contributed by atoms with E-state index in [0.29, 0.717) is 45.3 Å². The van der Waals surface area contributed by atoms with Gasteiger partial charge in [-0.3, -0.25) is 14.4 Å². The quantitative estimate of drug-likeness (QED) is 0.0475. The van der Waals surface area contributed by atoms with Crippen LogP contribution in [0.4, 0.5) is 11.4 Å². The van der Waals surface area contributed by atoms with Crippen LogP contribution in [-0.4, -0.2) is 43.6 Å². The summed E-state index contributed by atoms with van der Waals surface area (Å²) in [7, 11) is 0. The van der Waals surface area contributed by atoms with E-state index < -0.39 is 5.41 Å². The number of amides is 3. The van der Waals surface area contributed by atoms with Gasteiger partial charge in [0.15, 0.2) is 0 Å². The summed E-state index contributed by atoms with van der Waals surface area (Å²) in [5.74, 6) is -0.191. The number of nitrogens with two attached hydrogens (primary N) is 3. The third kappa shape index (κ3) is 11.8. The van der Waals surface area contributed by atoms with Crippen molar-refractivity contribution in [3.63, 3.8) is 0 Å². The molecule has 3 aliphatic rings. The molecule has 3 aliphatic carbocycles. The lowest BCUT2D eigenvalue weighted by atomic mass is 9.52. The van der Waals surface area contributed by atoms with Crippen LogP contribution in [0.15, 0.2) is 64.7 Å². The molecule has 9 nitrogen and oxygen atoms in total. The molecule has 0 heterocycles. The van der Waals surface area contributed by atoms with Gasteiger partial charge in [-0.15, -0.1) is 0 Å². The molecule has 300 valence electrons. The Bertz CT molecular complexity index is 1580. The first kappa shape index (κ1) is 43.8. The number of nitrogens with zero attached hydrogens (tertiary/aromatic N) is 1. The number of carbonyl (C=O) groups is 3. The summed E-state index contributed by atoms with van der Waals surface area (Å²) < 4.78 is 0. The Morgan fingerprint density at radius 2 is 1.09 bits per heavy atom. The minimum absolute atomic E-state index is 0.00984. The number of hydrogen-bond donors (Lipinski definition) is 5. The SMILES string of the molecule is C/C=C\C1=C(/C=N/C(=O)CCCCCCCN)C2(CC)c3cc(NC(=O)CCCCCCCN)ccc3C1c1ccc(NC(=O)CCCCCCCN)cc12. The average molecular weight is 753 g/mol. The Morgan fingerprint density at radius 3 is 1.53 bits per heavy atom. The molecule has 0 aliphatic heterocycles. The highest BCUT2D eigenvalue weighted by atomic mass is 16.2. The molecule has 0 radical (unpaired) electrons. The smallest absolute Gasteiger partial charge is 0.245 e. The molecule has 3 amide bonds. The lowest BCUT2D eigenvalue weighted by Gasteiger charge is -2.51. The summed E-state index contributed by atoms with van der Waals surface area (Å²) in [5, 5.41) is 6.38. The fraction of sp³-hybridized carbons (Fsp3) is 0.565. The van der Waals surface area contributed by atoms with E-state index in [1.807, 2.05) is 25.3 Å². The fourth-order valence-corrected chi connectivity index (χ4v) is 8.49. The number of rotatable bonds is 26. The highest BCUT2D eigenvalue weighted by Gasteiger charge is 2.51. The first-order chi connectivity index (χ1) is 26.8. The highest BCUT2D eigenvalue weighted by molar-refractivity contribution is 5.99. The van der Waals surface area contributed by atoms with Crippen molar-refractivity contribution in [2.75, 3.05) is 30.3 Å². The van der Waals surface area contributed by atoms with Gasteiger partial charge in [-0.1, -0.05) is 89.0 Å². The molecule has 9 heteroatoms. The van der Waals surface area contributed by atoms with Crippen LogP contribution in [0.25, 0.3) is 0 Å². The molecule has 0 saturated heterocycles. The van der Waals surface area contributed by atoms with E-state index >= 15 is 0 Å². The molecule has 2 aromatic carbocycles. The van der Waals surface area contributed by atoms with Crippen LogP contribution >= 0.6 is 0 Å². The van der Waals surface area contributed by atoms with Gasteiger partial charge in [0.05, 0.1) is 0 Å². The summed E-state index contributed by atoms with van der Waals surface area (Å²) >= 11 is 0. The third-order valence-corrected chi connectivity index (χ3v) is 11.3. The van der Waals surface area contributed by atoms with Crippen LogP contribution in [0, 0.1) is 0 Å². The van der Waals surface area contributed by atoms with Crippen molar-refractivity contribution in [2.24, 2.45) is 22.2 Å². The van der Waals surface area contributed by atoms with Crippen molar-refractivity contribution in [1.29, 1.82) is 0 Å². The zero-order valence-corrected chi connectivity index (χ0v) is 33.7. The maximum Gasteiger partial charge on any atom is 0.245 e. The second-order valence-corrected chi connectivity index (χ2v) is 15.3. The molecule has 8 N–H and O–H groups in total. The van der Waals surface area contributed by atoms with E-state index in [0.717, 1.165) is 130 Å². The molecule has 2 bridgehead atoms. The van der Waals surface area contributed by atoms with E-state index in [9.17, 15) is 14.4 Å². The number of unbranched alkanes of at least 4 members (excludes halogenated alkanes) is 12. The standard InChI is InChI=1S/C46H68N6O3/c1-3-20-36-41(33-50-42(53)21-14-8-5-11-17-28-47)46(4-2)39-31-34(51-43(54)22-15-9-6-12-18-29-48)24-26-37(39)45(36)38-27-25-35(32-40(38)46)52-44(55)23-16-10-7-13-19-30-49/h3,20,24-27,31-33,45H,4-19,21-23,28-30,47-49H2,1-2H3,(H,51,54)(H,52,55)/b20-3-,50-33+. The minimum Gasteiger partial charge on any atom is -0.330 e. The second-order valence-electron chi connectivity index (χ2n) is 15.3. The molecular weight excluding hydrogens is 685 g/mol. The summed E-state index contributed by atoms with van der Waals surface area (Å²) in [5.41, 5.74) is 24.5. The summed E-state index contributed by atoms with van der Waals surface area (Å²) in [4.78, 5) is 44.1. The second kappa shape index (κ2) is 23.2. The number of carbonyl (C=O) groups excluding carboxylic acids is 3. The van der Waals surface area contributed by atoms with Crippen molar-refractivity contribution in [1.82, 2.24) is 0 Å². The number of aliphatic imine (C=N–C) groups is 1. The first-order valence-electron chi connectivity index (χ1n) is 21.3. The molecule has 0 unspecified atom stereocenters. The minimum atomic E-state index is -0.659. The van der Waals surface area contributed by atoms with E-state index in [1.165, 1.54) is 11.1 Å². The van der Waals surface area contributed by atoms with Gasteiger partial charge in [-0.25, -0.2) is 4.99 Å². The van der Waals surface area contributed by atoms with Crippen LogP contribution in [0.3, 0.4) is 0 Å². The van der Waals surface area contributed by atoms with Crippen LogP contribution in [0.5, 0.6) is 0 Å². The highest BCUT2D eigenvalue weighted by Crippen LogP contribution is 2.61. The molecule has 5 rings (SSSR count). The molecule has 55 heavy (non-hydrogen) atoms. The average Bonchev–Trinajstić information content (AvgIpc) is 3.18. The Kier molecular flexibility index (Phi) is 18.5. The van der Waals surface area contributed by atoms with Gasteiger partial charge in [-0.05, 0) is 129 Å². The number of anilines is 2. The number of allylic oxidation sites excluding steroid dienone is 4. The fourth-order valence-electron chi connectivity index (χ4n) is 8.49. The van der Waals surface area contributed by atoms with Crippen LogP contribution in [-0.2, 0) is 19.8 Å². The number of benzene rings is 2. The van der Waals surface area contributed by atoms with Crippen LogP contribution in [0.1, 0.15) is 164 Å². The molecule has 0 fully saturated rings. The zero-order chi connectivity index (χ0) is 39.5. The first-order valence-corrected chi connectivity index (χ1v) is 21.3. The third-order valence-electron chi connectivity index (χ3n) is 11.3. The van der Waals surface area contributed by atoms with Gasteiger partial charge in [0.2, 0.25) is 17.7 Å². The maximum atomic E-state index is 13.2. The lowest BCUT2D eigenvalue weighted by molar-refractivity contribution is -0.118. The van der Waals surface area contributed by atoms with E-state index in [2.05, 4.69) is 59.0 Å². The van der Waals surface area contributed by atoms with Gasteiger partial charge in [0.1, 0.15) is 0 Å². The van der Waals surface area contributed by atoms with Crippen molar-refractivity contribution < 1.29 is 14.4 Å². The molecule has 0 aromatic heterocycles. The molecule has 0 spiro atoms. The zero-order valence-electron chi connectivity index (χ0n) is 33.7. The normalized spacial score (nSPS) is 17.2. The van der Waals surface area contributed by atoms with Gasteiger partial charge < -0.3 is 27.8 Å². The van der Waals surface area contributed by atoms with Gasteiger partial charge in [0.25, 0.3) is 0 Å². The van der Waals surface area contributed by atoms with Crippen molar-refractivity contribution in [3.8, 4) is 0 Å². The van der Waals surface area contributed by atoms with E-state index in [-0.39, 0.29) is 23.6 Å². The molecule has 0 saturated carbocycles. The van der Waals surface area contributed by atoms with Gasteiger partial charge in [-0.2, -0.15) is 0 Å². The number of nitrogens with one attached hydrogen (secondary N) is 2. The van der Waals surface area contributed by atoms with Crippen molar-refractivity contribution in [3.05, 3.63) is 82.0 Å². The molecule has 0 atom stereocenters. The predicted molar refractivity (Wildman–Crippen MR) is 229 cm³/mol. The van der Waals surface area contributed by atoms with Gasteiger partial charge >= 0.3 is 0 Å².